The van der Waals surface area contributed by atoms with Gasteiger partial charge >= 0.3 is 0 Å². The maximum atomic E-state index is 13.1. The Hall–Kier alpha value is -1.73. The van der Waals surface area contributed by atoms with Crippen molar-refractivity contribution in [1.29, 1.82) is 0 Å². The van der Waals surface area contributed by atoms with E-state index in [9.17, 15) is 9.59 Å². The topological polar surface area (TPSA) is 53.8 Å². The fourth-order valence-electron chi connectivity index (χ4n) is 3.70. The first kappa shape index (κ1) is 17.7. The van der Waals surface area contributed by atoms with Gasteiger partial charge < -0.3 is 14.2 Å². The van der Waals surface area contributed by atoms with Crippen molar-refractivity contribution in [2.24, 2.45) is 0 Å². The largest absolute Gasteiger partial charge is 0.459 e. The maximum Gasteiger partial charge on any atom is 0.289 e. The highest BCUT2D eigenvalue weighted by Gasteiger charge is 2.47. The molecule has 4 rings (SSSR count). The fourth-order valence-corrected chi connectivity index (χ4v) is 5.56. The summed E-state index contributed by atoms with van der Waals surface area (Å²) in [7, 11) is 0. The molecule has 3 heterocycles. The van der Waals surface area contributed by atoms with Crippen LogP contribution in [0.2, 0.25) is 0 Å². The molecule has 0 bridgehead atoms. The molecule has 0 aliphatic carbocycles. The summed E-state index contributed by atoms with van der Waals surface area (Å²) in [4.78, 5) is 29.2. The monoisotopic (exact) mass is 434 g/mol. The number of likely N-dealkylation sites (tertiary alicyclic amines) is 1. The standard InChI is InChI=1S/C19H19BrN2O3S/c20-15-4-1-3-14(13-15)17(23)22-10-12-26-19(22)6-8-21(9-7-19)18(24)16-5-2-11-25-16/h1-5,11,13H,6-10,12H2. The molecule has 0 N–H and O–H groups in total. The number of hydrogen-bond acceptors (Lipinski definition) is 4. The van der Waals surface area contributed by atoms with Crippen molar-refractivity contribution in [3.05, 3.63) is 58.5 Å². The number of benzene rings is 1. The van der Waals surface area contributed by atoms with Gasteiger partial charge in [-0.05, 0) is 43.2 Å². The second-order valence-corrected chi connectivity index (χ2v) is 8.90. The lowest BCUT2D eigenvalue weighted by Crippen LogP contribution is -2.53. The van der Waals surface area contributed by atoms with Crippen LogP contribution < -0.4 is 0 Å². The molecule has 0 atom stereocenters. The van der Waals surface area contributed by atoms with E-state index in [1.54, 1.807) is 12.1 Å². The predicted molar refractivity (Wildman–Crippen MR) is 104 cm³/mol. The first-order valence-corrected chi connectivity index (χ1v) is 10.4. The van der Waals surface area contributed by atoms with Crippen LogP contribution in [0.4, 0.5) is 0 Å². The summed E-state index contributed by atoms with van der Waals surface area (Å²) < 4.78 is 6.13. The van der Waals surface area contributed by atoms with Crippen molar-refractivity contribution >= 4 is 39.5 Å². The summed E-state index contributed by atoms with van der Waals surface area (Å²) in [5, 5.41) is 0. The van der Waals surface area contributed by atoms with Crippen LogP contribution in [-0.2, 0) is 0 Å². The summed E-state index contributed by atoms with van der Waals surface area (Å²) >= 11 is 5.28. The van der Waals surface area contributed by atoms with Gasteiger partial charge in [-0.1, -0.05) is 22.0 Å². The number of carbonyl (C=O) groups excluding carboxylic acids is 2. The lowest BCUT2D eigenvalue weighted by molar-refractivity contribution is 0.0483. The average Bonchev–Trinajstić information content (AvgIpc) is 3.32. The zero-order chi connectivity index (χ0) is 18.1. The van der Waals surface area contributed by atoms with Crippen LogP contribution in [0.5, 0.6) is 0 Å². The molecule has 2 aromatic rings. The quantitative estimate of drug-likeness (QED) is 0.719. The van der Waals surface area contributed by atoms with E-state index >= 15 is 0 Å². The zero-order valence-corrected chi connectivity index (χ0v) is 16.6. The molecule has 2 saturated heterocycles. The van der Waals surface area contributed by atoms with Crippen molar-refractivity contribution in [2.75, 3.05) is 25.4 Å². The van der Waals surface area contributed by atoms with Gasteiger partial charge in [0, 0.05) is 35.4 Å². The van der Waals surface area contributed by atoms with Crippen LogP contribution >= 0.6 is 27.7 Å². The van der Waals surface area contributed by atoms with Crippen LogP contribution in [0, 0.1) is 0 Å². The third kappa shape index (κ3) is 3.18. The van der Waals surface area contributed by atoms with E-state index < -0.39 is 0 Å². The van der Waals surface area contributed by atoms with Gasteiger partial charge in [-0.2, -0.15) is 0 Å². The summed E-state index contributed by atoms with van der Waals surface area (Å²) in [6.07, 6.45) is 3.08. The van der Waals surface area contributed by atoms with Gasteiger partial charge in [0.2, 0.25) is 0 Å². The third-order valence-electron chi connectivity index (χ3n) is 5.06. The first-order valence-electron chi connectivity index (χ1n) is 8.63. The molecule has 0 saturated carbocycles. The highest BCUT2D eigenvalue weighted by Crippen LogP contribution is 2.44. The van der Waals surface area contributed by atoms with Crippen molar-refractivity contribution in [2.45, 2.75) is 17.7 Å². The Bertz CT molecular complexity index is 816. The number of nitrogens with zero attached hydrogens (tertiary/aromatic N) is 2. The second-order valence-electron chi connectivity index (χ2n) is 6.53. The molecular formula is C19H19BrN2O3S. The average molecular weight is 435 g/mol. The Kier molecular flexibility index (Phi) is 4.84. The molecule has 0 radical (unpaired) electrons. The number of piperidine rings is 1. The highest BCUT2D eigenvalue weighted by molar-refractivity contribution is 9.10. The van der Waals surface area contributed by atoms with Gasteiger partial charge in [0.25, 0.3) is 11.8 Å². The minimum absolute atomic E-state index is 0.0714. The van der Waals surface area contributed by atoms with Gasteiger partial charge in [-0.25, -0.2) is 0 Å². The van der Waals surface area contributed by atoms with Gasteiger partial charge in [0.1, 0.15) is 0 Å². The van der Waals surface area contributed by atoms with Crippen LogP contribution in [0.1, 0.15) is 33.8 Å². The van der Waals surface area contributed by atoms with E-state index in [-0.39, 0.29) is 16.7 Å². The summed E-state index contributed by atoms with van der Waals surface area (Å²) in [6, 6.07) is 11.0. The zero-order valence-electron chi connectivity index (χ0n) is 14.2. The molecule has 26 heavy (non-hydrogen) atoms. The molecule has 1 aromatic carbocycles. The van der Waals surface area contributed by atoms with Gasteiger partial charge in [0.15, 0.2) is 5.76 Å². The number of hydrogen-bond donors (Lipinski definition) is 0. The molecule has 136 valence electrons. The van der Waals surface area contributed by atoms with Crippen molar-refractivity contribution in [3.63, 3.8) is 0 Å². The van der Waals surface area contributed by atoms with Gasteiger partial charge in [-0.3, -0.25) is 9.59 Å². The lowest BCUT2D eigenvalue weighted by atomic mass is 10.0. The SMILES string of the molecule is O=C(c1ccco1)N1CCC2(CC1)SCCN2C(=O)c1cccc(Br)c1. The summed E-state index contributed by atoms with van der Waals surface area (Å²) in [5.41, 5.74) is 0.704. The summed E-state index contributed by atoms with van der Waals surface area (Å²) in [5.74, 6) is 1.31. The lowest BCUT2D eigenvalue weighted by Gasteiger charge is -2.44. The molecule has 2 aliphatic heterocycles. The number of thioether (sulfide) groups is 1. The Morgan fingerprint density at radius 2 is 1.88 bits per heavy atom. The molecule has 5 nitrogen and oxygen atoms in total. The summed E-state index contributed by atoms with van der Waals surface area (Å²) in [6.45, 7) is 2.02. The Labute approximate surface area is 164 Å². The van der Waals surface area contributed by atoms with Crippen LogP contribution in [-0.4, -0.2) is 51.9 Å². The molecule has 2 fully saturated rings. The van der Waals surface area contributed by atoms with E-state index in [1.807, 2.05) is 45.8 Å². The minimum Gasteiger partial charge on any atom is -0.459 e. The molecule has 1 spiro atoms. The van der Waals surface area contributed by atoms with Crippen molar-refractivity contribution < 1.29 is 14.0 Å². The second kappa shape index (κ2) is 7.12. The maximum absolute atomic E-state index is 13.1. The van der Waals surface area contributed by atoms with E-state index in [0.29, 0.717) is 24.4 Å². The van der Waals surface area contributed by atoms with Crippen molar-refractivity contribution in [1.82, 2.24) is 9.80 Å². The van der Waals surface area contributed by atoms with E-state index in [4.69, 9.17) is 4.42 Å². The van der Waals surface area contributed by atoms with E-state index in [0.717, 1.165) is 29.6 Å². The van der Waals surface area contributed by atoms with Gasteiger partial charge in [-0.15, -0.1) is 11.8 Å². The molecule has 2 amide bonds. The molecule has 1 aromatic heterocycles. The molecule has 2 aliphatic rings. The normalized spacial score (nSPS) is 19.1. The van der Waals surface area contributed by atoms with Crippen LogP contribution in [0.15, 0.2) is 51.6 Å². The number of carbonyl (C=O) groups is 2. The predicted octanol–water partition coefficient (Wildman–Crippen LogP) is 3.86. The fraction of sp³-hybridized carbons (Fsp3) is 0.368. The van der Waals surface area contributed by atoms with E-state index in [1.165, 1.54) is 6.26 Å². The van der Waals surface area contributed by atoms with Crippen LogP contribution in [0.25, 0.3) is 0 Å². The Balaban J connectivity index is 1.48. The van der Waals surface area contributed by atoms with Crippen LogP contribution in [0.3, 0.4) is 0 Å². The van der Waals surface area contributed by atoms with E-state index in [2.05, 4.69) is 15.9 Å². The minimum atomic E-state index is -0.209. The number of halogens is 1. The smallest absolute Gasteiger partial charge is 0.289 e. The molecular weight excluding hydrogens is 416 g/mol. The Morgan fingerprint density at radius 3 is 2.58 bits per heavy atom. The third-order valence-corrected chi connectivity index (χ3v) is 7.10. The number of amides is 2. The molecule has 0 unspecified atom stereocenters. The van der Waals surface area contributed by atoms with Gasteiger partial charge in [0.05, 0.1) is 11.1 Å². The van der Waals surface area contributed by atoms with Crippen molar-refractivity contribution in [3.8, 4) is 0 Å². The Morgan fingerprint density at radius 1 is 1.08 bits per heavy atom. The molecule has 7 heteroatoms. The number of furan rings is 1. The first-order chi connectivity index (χ1) is 12.6. The highest BCUT2D eigenvalue weighted by atomic mass is 79.9. The number of rotatable bonds is 2.